The summed E-state index contributed by atoms with van der Waals surface area (Å²) in [7, 11) is 0. The molecule has 1 aromatic rings. The Labute approximate surface area is 137 Å². The Hall–Kier alpha value is -0.650. The van der Waals surface area contributed by atoms with Crippen LogP contribution in [0.2, 0.25) is 5.02 Å². The maximum atomic E-state index is 10.3. The van der Waals surface area contributed by atoms with Crippen molar-refractivity contribution >= 4 is 11.6 Å². The maximum absolute atomic E-state index is 10.3. The normalized spacial score (nSPS) is 27.4. The molecule has 0 saturated carbocycles. The fraction of sp³-hybridized carbons (Fsp3) is 0.647. The first-order valence-corrected chi connectivity index (χ1v) is 8.52. The lowest BCUT2D eigenvalue weighted by molar-refractivity contribution is 0.0225. The van der Waals surface area contributed by atoms with Crippen molar-refractivity contribution in [3.05, 3.63) is 34.9 Å². The zero-order chi connectivity index (χ0) is 15.4. The largest absolute Gasteiger partial charge is 0.386 e. The number of hydrogen-bond donors (Lipinski definition) is 2. The van der Waals surface area contributed by atoms with E-state index in [4.69, 9.17) is 16.3 Å². The molecule has 22 heavy (non-hydrogen) atoms. The van der Waals surface area contributed by atoms with Crippen molar-refractivity contribution in [2.24, 2.45) is 0 Å². The van der Waals surface area contributed by atoms with Crippen molar-refractivity contribution in [2.75, 3.05) is 32.8 Å². The molecule has 5 heteroatoms. The Balaban J connectivity index is 1.42. The molecule has 0 radical (unpaired) electrons. The minimum absolute atomic E-state index is 0.464. The molecule has 2 heterocycles. The first-order chi connectivity index (χ1) is 10.6. The Morgan fingerprint density at radius 1 is 1.32 bits per heavy atom. The quantitative estimate of drug-likeness (QED) is 0.870. The molecule has 0 bridgehead atoms. The van der Waals surface area contributed by atoms with Gasteiger partial charge in [0.1, 0.15) is 5.60 Å². The third-order valence-electron chi connectivity index (χ3n) is 4.74. The fourth-order valence-electron chi connectivity index (χ4n) is 3.23. The smallest absolute Gasteiger partial charge is 0.102 e. The number of rotatable bonds is 5. The minimum atomic E-state index is -0.658. The predicted molar refractivity (Wildman–Crippen MR) is 88.1 cm³/mol. The average molecular weight is 325 g/mol. The summed E-state index contributed by atoms with van der Waals surface area (Å²) in [5, 5.41) is 14.7. The van der Waals surface area contributed by atoms with E-state index in [1.807, 2.05) is 18.2 Å². The molecule has 0 amide bonds. The van der Waals surface area contributed by atoms with Gasteiger partial charge in [-0.1, -0.05) is 29.8 Å². The molecule has 0 aliphatic carbocycles. The number of halogens is 1. The van der Waals surface area contributed by atoms with Gasteiger partial charge in [-0.15, -0.1) is 0 Å². The minimum Gasteiger partial charge on any atom is -0.386 e. The second kappa shape index (κ2) is 7.28. The van der Waals surface area contributed by atoms with E-state index in [9.17, 15) is 5.11 Å². The van der Waals surface area contributed by atoms with E-state index in [2.05, 4.69) is 16.3 Å². The number of hydrogen-bond acceptors (Lipinski definition) is 4. The van der Waals surface area contributed by atoms with Crippen molar-refractivity contribution in [1.82, 2.24) is 10.2 Å². The third kappa shape index (κ3) is 4.21. The number of nitrogens with zero attached hydrogens (tertiary/aromatic N) is 1. The number of aliphatic hydroxyl groups is 1. The van der Waals surface area contributed by atoms with Crippen molar-refractivity contribution in [2.45, 2.75) is 37.5 Å². The first kappa shape index (κ1) is 16.2. The second-order valence-corrected chi connectivity index (χ2v) is 6.96. The summed E-state index contributed by atoms with van der Waals surface area (Å²) in [5.74, 6) is 0. The summed E-state index contributed by atoms with van der Waals surface area (Å²) >= 11 is 6.23. The summed E-state index contributed by atoms with van der Waals surface area (Å²) in [6.45, 7) is 4.84. The first-order valence-electron chi connectivity index (χ1n) is 8.14. The van der Waals surface area contributed by atoms with Crippen molar-refractivity contribution < 1.29 is 9.84 Å². The molecule has 4 nitrogen and oxygen atoms in total. The van der Waals surface area contributed by atoms with Crippen LogP contribution in [0.25, 0.3) is 0 Å². The van der Waals surface area contributed by atoms with E-state index < -0.39 is 5.60 Å². The monoisotopic (exact) mass is 324 g/mol. The number of benzene rings is 1. The van der Waals surface area contributed by atoms with Crippen LogP contribution in [0, 0.1) is 0 Å². The number of piperidine rings is 1. The van der Waals surface area contributed by atoms with Crippen molar-refractivity contribution in [3.8, 4) is 0 Å². The molecule has 1 atom stereocenters. The molecular formula is C17H25ClN2O2. The molecule has 2 saturated heterocycles. The lowest BCUT2D eigenvalue weighted by atomic mass is 10.00. The molecule has 0 spiro atoms. The van der Waals surface area contributed by atoms with Crippen LogP contribution in [0.4, 0.5) is 0 Å². The lowest BCUT2D eigenvalue weighted by Crippen LogP contribution is -2.48. The molecule has 2 aliphatic heterocycles. The molecular weight excluding hydrogens is 300 g/mol. The van der Waals surface area contributed by atoms with Gasteiger partial charge in [0.15, 0.2) is 0 Å². The molecule has 122 valence electrons. The van der Waals surface area contributed by atoms with Gasteiger partial charge >= 0.3 is 0 Å². The highest BCUT2D eigenvalue weighted by atomic mass is 35.5. The van der Waals surface area contributed by atoms with Gasteiger partial charge in [0.25, 0.3) is 0 Å². The van der Waals surface area contributed by atoms with Crippen LogP contribution in [0.3, 0.4) is 0 Å². The standard InChI is InChI=1S/C17H25ClN2O2/c18-16-4-2-1-3-14(16)11-20-8-5-15(6-9-20)19-12-17(21)7-10-22-13-17/h1-4,15,19,21H,5-13H2. The van der Waals surface area contributed by atoms with Gasteiger partial charge in [-0.05, 0) is 37.6 Å². The summed E-state index contributed by atoms with van der Waals surface area (Å²) < 4.78 is 5.28. The number of likely N-dealkylation sites (tertiary alicyclic amines) is 1. The molecule has 2 aliphatic rings. The van der Waals surface area contributed by atoms with E-state index in [0.717, 1.165) is 43.9 Å². The number of ether oxygens (including phenoxy) is 1. The van der Waals surface area contributed by atoms with E-state index in [-0.39, 0.29) is 0 Å². The van der Waals surface area contributed by atoms with Gasteiger partial charge < -0.3 is 15.2 Å². The summed E-state index contributed by atoms with van der Waals surface area (Å²) in [6.07, 6.45) is 2.97. The fourth-order valence-corrected chi connectivity index (χ4v) is 3.43. The zero-order valence-corrected chi connectivity index (χ0v) is 13.7. The molecule has 1 unspecified atom stereocenters. The van der Waals surface area contributed by atoms with Crippen LogP contribution < -0.4 is 5.32 Å². The predicted octanol–water partition coefficient (Wildman–Crippen LogP) is 2.05. The zero-order valence-electron chi connectivity index (χ0n) is 12.9. The molecule has 1 aromatic carbocycles. The van der Waals surface area contributed by atoms with Crippen LogP contribution in [0.15, 0.2) is 24.3 Å². The molecule has 3 rings (SSSR count). The van der Waals surface area contributed by atoms with E-state index in [0.29, 0.717) is 25.8 Å². The highest BCUT2D eigenvalue weighted by Gasteiger charge is 2.33. The van der Waals surface area contributed by atoms with Gasteiger partial charge in [-0.3, -0.25) is 4.90 Å². The van der Waals surface area contributed by atoms with Crippen LogP contribution in [0.5, 0.6) is 0 Å². The Morgan fingerprint density at radius 2 is 2.09 bits per heavy atom. The highest BCUT2D eigenvalue weighted by molar-refractivity contribution is 6.31. The van der Waals surface area contributed by atoms with Gasteiger partial charge in [-0.25, -0.2) is 0 Å². The van der Waals surface area contributed by atoms with Crippen LogP contribution >= 0.6 is 11.6 Å². The maximum Gasteiger partial charge on any atom is 0.102 e. The van der Waals surface area contributed by atoms with E-state index >= 15 is 0 Å². The number of nitrogens with one attached hydrogen (secondary N) is 1. The van der Waals surface area contributed by atoms with Crippen LogP contribution in [-0.2, 0) is 11.3 Å². The summed E-state index contributed by atoms with van der Waals surface area (Å²) in [5.41, 5.74) is 0.544. The lowest BCUT2D eigenvalue weighted by Gasteiger charge is -2.34. The second-order valence-electron chi connectivity index (χ2n) is 6.55. The van der Waals surface area contributed by atoms with Gasteiger partial charge in [0, 0.05) is 37.2 Å². The van der Waals surface area contributed by atoms with Crippen LogP contribution in [-0.4, -0.2) is 54.5 Å². The van der Waals surface area contributed by atoms with Crippen LogP contribution in [0.1, 0.15) is 24.8 Å². The Morgan fingerprint density at radius 3 is 2.77 bits per heavy atom. The van der Waals surface area contributed by atoms with E-state index in [1.165, 1.54) is 5.56 Å². The summed E-state index contributed by atoms with van der Waals surface area (Å²) in [6, 6.07) is 8.56. The van der Waals surface area contributed by atoms with Gasteiger partial charge in [0.2, 0.25) is 0 Å². The topological polar surface area (TPSA) is 44.7 Å². The summed E-state index contributed by atoms with van der Waals surface area (Å²) in [4.78, 5) is 2.45. The van der Waals surface area contributed by atoms with Gasteiger partial charge in [0.05, 0.1) is 6.61 Å². The highest BCUT2D eigenvalue weighted by Crippen LogP contribution is 2.21. The van der Waals surface area contributed by atoms with Gasteiger partial charge in [-0.2, -0.15) is 0 Å². The third-order valence-corrected chi connectivity index (χ3v) is 5.11. The average Bonchev–Trinajstić information content (AvgIpc) is 2.96. The van der Waals surface area contributed by atoms with Crippen molar-refractivity contribution in [3.63, 3.8) is 0 Å². The van der Waals surface area contributed by atoms with E-state index in [1.54, 1.807) is 0 Å². The SMILES string of the molecule is OC1(CNC2CCN(Cc3ccccc3Cl)CC2)CCOC1. The molecule has 2 N–H and O–H groups in total. The molecule has 2 fully saturated rings. The van der Waals surface area contributed by atoms with Crippen molar-refractivity contribution in [1.29, 1.82) is 0 Å². The Kier molecular flexibility index (Phi) is 5.37. The molecule has 0 aromatic heterocycles. The Bertz CT molecular complexity index is 483.